The fourth-order valence-electron chi connectivity index (χ4n) is 1.80. The van der Waals surface area contributed by atoms with Crippen molar-refractivity contribution >= 4 is 5.78 Å². The minimum Gasteiger partial charge on any atom is -0.384 e. The Hall–Kier alpha value is -2.35. The molecule has 1 atom stereocenters. The number of nitrogens with one attached hydrogen (secondary N) is 1. The first-order valence-corrected chi connectivity index (χ1v) is 6.34. The Kier molecular flexibility index (Phi) is 4.51. The lowest BCUT2D eigenvalue weighted by Crippen LogP contribution is -2.12. The van der Waals surface area contributed by atoms with Crippen molar-refractivity contribution in [2.24, 2.45) is 0 Å². The molecule has 1 N–H and O–H groups in total. The minimum atomic E-state index is 0.00774. The van der Waals surface area contributed by atoms with Gasteiger partial charge in [0.05, 0.1) is 0 Å². The highest BCUT2D eigenvalue weighted by molar-refractivity contribution is 6.04. The molecule has 0 fully saturated rings. The van der Waals surface area contributed by atoms with E-state index < -0.39 is 0 Å². The molecule has 0 saturated heterocycles. The number of hydrogen-bond donors (Lipinski definition) is 1. The zero-order valence-electron chi connectivity index (χ0n) is 10.9. The summed E-state index contributed by atoms with van der Waals surface area (Å²) in [6.45, 7) is 2.06. The third-order valence-electron chi connectivity index (χ3n) is 2.94. The predicted molar refractivity (Wildman–Crippen MR) is 77.9 cm³/mol. The third-order valence-corrected chi connectivity index (χ3v) is 2.94. The number of carbonyl (C=O) groups is 1. The lowest BCUT2D eigenvalue weighted by Gasteiger charge is -2.11. The normalized spacial score (nSPS) is 12.3. The molecule has 19 heavy (non-hydrogen) atoms. The number of ketones is 1. The molecule has 0 radical (unpaired) electrons. The van der Waals surface area contributed by atoms with Crippen LogP contribution < -0.4 is 5.32 Å². The van der Waals surface area contributed by atoms with Crippen LogP contribution >= 0.6 is 0 Å². The van der Waals surface area contributed by atoms with Gasteiger partial charge < -0.3 is 5.32 Å². The van der Waals surface area contributed by atoms with E-state index in [0.29, 0.717) is 5.56 Å². The zero-order chi connectivity index (χ0) is 13.5. The molecule has 0 aliphatic heterocycles. The molecule has 2 aromatic rings. The van der Waals surface area contributed by atoms with Gasteiger partial charge in [0.1, 0.15) is 0 Å². The van der Waals surface area contributed by atoms with E-state index in [1.54, 1.807) is 12.3 Å². The van der Waals surface area contributed by atoms with Crippen LogP contribution in [0.3, 0.4) is 0 Å². The Morgan fingerprint density at radius 1 is 1.00 bits per heavy atom. The molecule has 2 nitrogen and oxygen atoms in total. The van der Waals surface area contributed by atoms with Crippen molar-refractivity contribution in [2.75, 3.05) is 0 Å². The molecule has 2 rings (SSSR count). The van der Waals surface area contributed by atoms with Crippen LogP contribution in [0.25, 0.3) is 0 Å². The van der Waals surface area contributed by atoms with Gasteiger partial charge in [-0.25, -0.2) is 0 Å². The third kappa shape index (κ3) is 3.81. The zero-order valence-corrected chi connectivity index (χ0v) is 10.9. The highest BCUT2D eigenvalue weighted by Gasteiger charge is 2.02. The number of rotatable bonds is 5. The highest BCUT2D eigenvalue weighted by atomic mass is 16.1. The van der Waals surface area contributed by atoms with Gasteiger partial charge in [-0.05, 0) is 12.5 Å². The summed E-state index contributed by atoms with van der Waals surface area (Å²) >= 11 is 0. The van der Waals surface area contributed by atoms with Crippen molar-refractivity contribution < 1.29 is 4.79 Å². The van der Waals surface area contributed by atoms with E-state index >= 15 is 0 Å². The van der Waals surface area contributed by atoms with E-state index in [2.05, 4.69) is 24.4 Å². The Labute approximate surface area is 113 Å². The Bertz CT molecular complexity index is 546. The molecule has 96 valence electrons. The Morgan fingerprint density at radius 3 is 2.21 bits per heavy atom. The van der Waals surface area contributed by atoms with Crippen LogP contribution in [0.1, 0.15) is 28.9 Å². The molecule has 0 saturated carbocycles. The van der Waals surface area contributed by atoms with Gasteiger partial charge in [0.2, 0.25) is 0 Å². The van der Waals surface area contributed by atoms with Gasteiger partial charge in [-0.15, -0.1) is 0 Å². The first kappa shape index (κ1) is 13.1. The number of benzene rings is 2. The standard InChI is InChI=1S/C17H17NO/c1-14(15-8-4-2-5-9-15)18-13-12-17(19)16-10-6-3-7-11-16/h2-14,18H,1H3/b13-12+/t14-/m0/s1. The molecule has 0 aliphatic carbocycles. The molecule has 0 amide bonds. The summed E-state index contributed by atoms with van der Waals surface area (Å²) in [6.07, 6.45) is 3.28. The fourth-order valence-corrected chi connectivity index (χ4v) is 1.80. The number of allylic oxidation sites excluding steroid dienone is 1. The molecular formula is C17H17NO. The SMILES string of the molecule is C[C@H](N/C=C/C(=O)c1ccccc1)c1ccccc1. The maximum absolute atomic E-state index is 11.8. The first-order chi connectivity index (χ1) is 9.27. The van der Waals surface area contributed by atoms with Crippen LogP contribution in [-0.4, -0.2) is 5.78 Å². The van der Waals surface area contributed by atoms with Crippen molar-refractivity contribution in [2.45, 2.75) is 13.0 Å². The molecule has 2 aromatic carbocycles. The molecule has 0 bridgehead atoms. The lowest BCUT2D eigenvalue weighted by molar-refractivity contribution is 0.104. The van der Waals surface area contributed by atoms with Gasteiger partial charge in [0, 0.05) is 23.9 Å². The van der Waals surface area contributed by atoms with E-state index in [4.69, 9.17) is 0 Å². The number of carbonyl (C=O) groups excluding carboxylic acids is 1. The molecule has 2 heteroatoms. The van der Waals surface area contributed by atoms with Crippen molar-refractivity contribution in [1.82, 2.24) is 5.32 Å². The second-order valence-electron chi connectivity index (χ2n) is 4.36. The van der Waals surface area contributed by atoms with Crippen molar-refractivity contribution in [3.05, 3.63) is 84.1 Å². The van der Waals surface area contributed by atoms with Crippen LogP contribution in [0.4, 0.5) is 0 Å². The summed E-state index contributed by atoms with van der Waals surface area (Å²) < 4.78 is 0. The summed E-state index contributed by atoms with van der Waals surface area (Å²) in [4.78, 5) is 11.8. The van der Waals surface area contributed by atoms with Crippen LogP contribution in [0.2, 0.25) is 0 Å². The molecular weight excluding hydrogens is 234 g/mol. The predicted octanol–water partition coefficient (Wildman–Crippen LogP) is 3.73. The van der Waals surface area contributed by atoms with Crippen LogP contribution in [0, 0.1) is 0 Å². The molecule has 0 unspecified atom stereocenters. The number of hydrogen-bond acceptors (Lipinski definition) is 2. The average Bonchev–Trinajstić information content (AvgIpc) is 2.49. The summed E-state index contributed by atoms with van der Waals surface area (Å²) in [5, 5.41) is 3.20. The van der Waals surface area contributed by atoms with Gasteiger partial charge in [-0.3, -0.25) is 4.79 Å². The van der Waals surface area contributed by atoms with E-state index in [1.807, 2.05) is 48.5 Å². The van der Waals surface area contributed by atoms with Gasteiger partial charge in [-0.1, -0.05) is 60.7 Å². The molecule has 0 aliphatic rings. The summed E-state index contributed by atoms with van der Waals surface area (Å²) in [6, 6.07) is 19.6. The molecule has 0 aromatic heterocycles. The van der Waals surface area contributed by atoms with Crippen molar-refractivity contribution in [3.8, 4) is 0 Å². The Balaban J connectivity index is 1.92. The molecule has 0 heterocycles. The van der Waals surface area contributed by atoms with Gasteiger partial charge in [0.15, 0.2) is 5.78 Å². The smallest absolute Gasteiger partial charge is 0.187 e. The second kappa shape index (κ2) is 6.55. The maximum Gasteiger partial charge on any atom is 0.187 e. The van der Waals surface area contributed by atoms with E-state index in [0.717, 1.165) is 0 Å². The quantitative estimate of drug-likeness (QED) is 0.648. The van der Waals surface area contributed by atoms with Crippen molar-refractivity contribution in [1.29, 1.82) is 0 Å². The summed E-state index contributed by atoms with van der Waals surface area (Å²) in [5.74, 6) is 0.00774. The van der Waals surface area contributed by atoms with Crippen molar-refractivity contribution in [3.63, 3.8) is 0 Å². The van der Waals surface area contributed by atoms with Gasteiger partial charge in [-0.2, -0.15) is 0 Å². The first-order valence-electron chi connectivity index (χ1n) is 6.34. The highest BCUT2D eigenvalue weighted by Crippen LogP contribution is 2.10. The fraction of sp³-hybridized carbons (Fsp3) is 0.118. The van der Waals surface area contributed by atoms with Crippen LogP contribution in [0.15, 0.2) is 72.9 Å². The summed E-state index contributed by atoms with van der Waals surface area (Å²) in [7, 11) is 0. The second-order valence-corrected chi connectivity index (χ2v) is 4.36. The maximum atomic E-state index is 11.8. The summed E-state index contributed by atoms with van der Waals surface area (Å²) in [5.41, 5.74) is 1.90. The lowest BCUT2D eigenvalue weighted by atomic mass is 10.1. The van der Waals surface area contributed by atoms with Gasteiger partial charge in [0.25, 0.3) is 0 Å². The Morgan fingerprint density at radius 2 is 1.58 bits per heavy atom. The average molecular weight is 251 g/mol. The van der Waals surface area contributed by atoms with E-state index in [9.17, 15) is 4.79 Å². The van der Waals surface area contributed by atoms with E-state index in [1.165, 1.54) is 5.56 Å². The van der Waals surface area contributed by atoms with Crippen LogP contribution in [0.5, 0.6) is 0 Å². The van der Waals surface area contributed by atoms with Gasteiger partial charge >= 0.3 is 0 Å². The van der Waals surface area contributed by atoms with E-state index in [-0.39, 0.29) is 11.8 Å². The largest absolute Gasteiger partial charge is 0.384 e. The topological polar surface area (TPSA) is 29.1 Å². The molecule has 0 spiro atoms. The monoisotopic (exact) mass is 251 g/mol. The minimum absolute atomic E-state index is 0.00774. The van der Waals surface area contributed by atoms with Crippen LogP contribution in [-0.2, 0) is 0 Å².